The highest BCUT2D eigenvalue weighted by molar-refractivity contribution is 5.76. The van der Waals surface area contributed by atoms with Gasteiger partial charge in [-0.1, -0.05) is 29.8 Å². The maximum absolute atomic E-state index is 11.0. The fourth-order valence-corrected chi connectivity index (χ4v) is 1.87. The van der Waals surface area contributed by atoms with Crippen LogP contribution < -0.4 is 0 Å². The van der Waals surface area contributed by atoms with Crippen molar-refractivity contribution >= 4 is 5.97 Å². The molecule has 3 heteroatoms. The molecule has 1 N–H and O–H groups in total. The van der Waals surface area contributed by atoms with E-state index in [0.717, 1.165) is 5.56 Å². The molecule has 0 spiro atoms. The van der Waals surface area contributed by atoms with Gasteiger partial charge in [-0.05, 0) is 18.9 Å². The van der Waals surface area contributed by atoms with Gasteiger partial charge in [0.05, 0.1) is 6.61 Å². The number of aliphatic hydroxyl groups excluding tert-OH is 1. The van der Waals surface area contributed by atoms with E-state index < -0.39 is 12.1 Å². The molecule has 1 aliphatic heterocycles. The first-order valence-corrected chi connectivity index (χ1v) is 5.07. The summed E-state index contributed by atoms with van der Waals surface area (Å²) in [6.45, 7) is 2.35. The summed E-state index contributed by atoms with van der Waals surface area (Å²) in [7, 11) is 0. The number of esters is 1. The molecule has 0 radical (unpaired) electrons. The Hall–Kier alpha value is -1.35. The molecule has 2 unspecified atom stereocenters. The van der Waals surface area contributed by atoms with E-state index in [1.807, 2.05) is 25.1 Å². The number of benzene rings is 1. The van der Waals surface area contributed by atoms with Crippen molar-refractivity contribution in [1.29, 1.82) is 0 Å². The zero-order valence-corrected chi connectivity index (χ0v) is 8.64. The zero-order valence-electron chi connectivity index (χ0n) is 8.64. The van der Waals surface area contributed by atoms with Gasteiger partial charge in [0.2, 0.25) is 0 Å². The second kappa shape index (κ2) is 4.03. The van der Waals surface area contributed by atoms with E-state index in [1.165, 1.54) is 5.56 Å². The third-order valence-electron chi connectivity index (χ3n) is 2.71. The number of carbonyl (C=O) groups excluding carboxylic acids is 1. The van der Waals surface area contributed by atoms with Gasteiger partial charge in [-0.15, -0.1) is 0 Å². The molecule has 0 bridgehead atoms. The largest absolute Gasteiger partial charge is 0.463 e. The van der Waals surface area contributed by atoms with Gasteiger partial charge in [0.15, 0.2) is 6.10 Å². The van der Waals surface area contributed by atoms with Crippen molar-refractivity contribution in [2.45, 2.75) is 19.4 Å². The van der Waals surface area contributed by atoms with E-state index in [1.54, 1.807) is 0 Å². The fourth-order valence-electron chi connectivity index (χ4n) is 1.87. The summed E-state index contributed by atoms with van der Waals surface area (Å²) in [6.07, 6.45) is -0.264. The van der Waals surface area contributed by atoms with E-state index >= 15 is 0 Å². The van der Waals surface area contributed by atoms with Gasteiger partial charge in [0.25, 0.3) is 0 Å². The van der Waals surface area contributed by atoms with Crippen molar-refractivity contribution in [3.63, 3.8) is 0 Å². The summed E-state index contributed by atoms with van der Waals surface area (Å²) in [5.74, 6) is -0.591. The molecule has 2 atom stereocenters. The minimum Gasteiger partial charge on any atom is -0.463 e. The quantitative estimate of drug-likeness (QED) is 0.736. The minimum absolute atomic E-state index is 0.0979. The molecule has 1 fully saturated rings. The lowest BCUT2D eigenvalue weighted by atomic mass is 9.96. The van der Waals surface area contributed by atoms with Crippen molar-refractivity contribution in [2.75, 3.05) is 6.61 Å². The van der Waals surface area contributed by atoms with Crippen molar-refractivity contribution in [3.05, 3.63) is 35.4 Å². The van der Waals surface area contributed by atoms with Crippen LogP contribution in [0.4, 0.5) is 0 Å². The summed E-state index contributed by atoms with van der Waals surface area (Å²) < 4.78 is 4.79. The van der Waals surface area contributed by atoms with Gasteiger partial charge in [0, 0.05) is 5.92 Å². The lowest BCUT2D eigenvalue weighted by molar-refractivity contribution is -0.144. The molecular formula is C12H14O3. The summed E-state index contributed by atoms with van der Waals surface area (Å²) >= 11 is 0. The van der Waals surface area contributed by atoms with Gasteiger partial charge in [0.1, 0.15) is 0 Å². The van der Waals surface area contributed by atoms with Crippen molar-refractivity contribution in [3.8, 4) is 0 Å². The molecule has 2 rings (SSSR count). The first-order valence-electron chi connectivity index (χ1n) is 5.07. The fraction of sp³-hybridized carbons (Fsp3) is 0.417. The third-order valence-corrected chi connectivity index (χ3v) is 2.71. The van der Waals surface area contributed by atoms with Crippen LogP contribution in [0.5, 0.6) is 0 Å². The lowest BCUT2D eigenvalue weighted by Crippen LogP contribution is -2.23. The molecule has 1 heterocycles. The van der Waals surface area contributed by atoms with E-state index in [9.17, 15) is 9.90 Å². The standard InChI is InChI=1S/C12H14O3/c1-8-3-2-4-9(5-8)6-10-7-15-12(14)11(10)13/h2-5,10-11,13H,6-7H2,1H3. The van der Waals surface area contributed by atoms with Crippen LogP contribution in [0, 0.1) is 12.8 Å². The second-order valence-electron chi connectivity index (χ2n) is 4.03. The van der Waals surface area contributed by atoms with Gasteiger partial charge in [-0.25, -0.2) is 4.79 Å². The van der Waals surface area contributed by atoms with Crippen LogP contribution in [0.3, 0.4) is 0 Å². The molecular weight excluding hydrogens is 192 g/mol. The Bertz CT molecular complexity index is 373. The predicted octanol–water partition coefficient (Wildman–Crippen LogP) is 1.07. The number of carbonyl (C=O) groups is 1. The average Bonchev–Trinajstić information content (AvgIpc) is 2.50. The number of rotatable bonds is 2. The van der Waals surface area contributed by atoms with Crippen LogP contribution in [-0.2, 0) is 16.0 Å². The maximum atomic E-state index is 11.0. The van der Waals surface area contributed by atoms with E-state index in [0.29, 0.717) is 13.0 Å². The second-order valence-corrected chi connectivity index (χ2v) is 4.03. The molecule has 1 aliphatic rings. The SMILES string of the molecule is Cc1cccc(CC2COC(=O)C2O)c1. The normalized spacial score (nSPS) is 25.3. The Labute approximate surface area is 88.7 Å². The molecule has 0 amide bonds. The first-order chi connectivity index (χ1) is 7.16. The number of cyclic esters (lactones) is 1. The van der Waals surface area contributed by atoms with E-state index in [-0.39, 0.29) is 5.92 Å². The number of hydrogen-bond acceptors (Lipinski definition) is 3. The maximum Gasteiger partial charge on any atom is 0.335 e. The number of ether oxygens (including phenoxy) is 1. The highest BCUT2D eigenvalue weighted by Crippen LogP contribution is 2.20. The first kappa shape index (κ1) is 10.2. The summed E-state index contributed by atoms with van der Waals surface area (Å²) in [4.78, 5) is 11.0. The highest BCUT2D eigenvalue weighted by Gasteiger charge is 2.34. The summed E-state index contributed by atoms with van der Waals surface area (Å²) in [5, 5.41) is 9.51. The predicted molar refractivity (Wildman–Crippen MR) is 55.3 cm³/mol. The van der Waals surface area contributed by atoms with Crippen LogP contribution in [0.25, 0.3) is 0 Å². The van der Waals surface area contributed by atoms with Crippen LogP contribution in [0.2, 0.25) is 0 Å². The molecule has 1 aromatic carbocycles. The molecule has 1 aromatic rings. The van der Waals surface area contributed by atoms with Crippen LogP contribution in [0.15, 0.2) is 24.3 Å². The summed E-state index contributed by atoms with van der Waals surface area (Å²) in [5.41, 5.74) is 2.32. The summed E-state index contributed by atoms with van der Waals surface area (Å²) in [6, 6.07) is 8.07. The Morgan fingerprint density at radius 2 is 2.33 bits per heavy atom. The van der Waals surface area contributed by atoms with E-state index in [4.69, 9.17) is 4.74 Å². The van der Waals surface area contributed by atoms with Crippen LogP contribution in [-0.4, -0.2) is 23.8 Å². The molecule has 15 heavy (non-hydrogen) atoms. The zero-order chi connectivity index (χ0) is 10.8. The molecule has 0 aromatic heterocycles. The Morgan fingerprint density at radius 1 is 1.53 bits per heavy atom. The molecule has 0 aliphatic carbocycles. The topological polar surface area (TPSA) is 46.5 Å². The Balaban J connectivity index is 2.06. The smallest absolute Gasteiger partial charge is 0.335 e. The van der Waals surface area contributed by atoms with E-state index in [2.05, 4.69) is 6.07 Å². The monoisotopic (exact) mass is 206 g/mol. The van der Waals surface area contributed by atoms with Gasteiger partial charge >= 0.3 is 5.97 Å². The Kier molecular flexibility index (Phi) is 2.73. The van der Waals surface area contributed by atoms with Crippen molar-refractivity contribution < 1.29 is 14.6 Å². The molecule has 0 saturated carbocycles. The van der Waals surface area contributed by atoms with Gasteiger partial charge in [-0.2, -0.15) is 0 Å². The lowest BCUT2D eigenvalue weighted by Gasteiger charge is -2.10. The Morgan fingerprint density at radius 3 is 2.93 bits per heavy atom. The van der Waals surface area contributed by atoms with Crippen molar-refractivity contribution in [1.82, 2.24) is 0 Å². The molecule has 1 saturated heterocycles. The third kappa shape index (κ3) is 2.18. The number of aliphatic hydroxyl groups is 1. The van der Waals surface area contributed by atoms with Gasteiger partial charge in [-0.3, -0.25) is 0 Å². The minimum atomic E-state index is -0.953. The van der Waals surface area contributed by atoms with Crippen LogP contribution >= 0.6 is 0 Å². The number of hydrogen-bond donors (Lipinski definition) is 1. The number of aryl methyl sites for hydroxylation is 1. The van der Waals surface area contributed by atoms with Gasteiger partial charge < -0.3 is 9.84 Å². The molecule has 3 nitrogen and oxygen atoms in total. The average molecular weight is 206 g/mol. The van der Waals surface area contributed by atoms with Crippen LogP contribution in [0.1, 0.15) is 11.1 Å². The molecule has 80 valence electrons. The van der Waals surface area contributed by atoms with Crippen molar-refractivity contribution in [2.24, 2.45) is 5.92 Å². The highest BCUT2D eigenvalue weighted by atomic mass is 16.6.